The fourth-order valence-electron chi connectivity index (χ4n) is 1.96. The minimum atomic E-state index is -3.55. The molecular formula is C11H16BrNO4S. The summed E-state index contributed by atoms with van der Waals surface area (Å²) in [4.78, 5) is 0.0772. The highest BCUT2D eigenvalue weighted by Gasteiger charge is 2.30. The Bertz CT molecular complexity index is 521. The Morgan fingerprint density at radius 1 is 1.56 bits per heavy atom. The van der Waals surface area contributed by atoms with Gasteiger partial charge < -0.3 is 9.52 Å². The van der Waals surface area contributed by atoms with Crippen molar-refractivity contribution >= 4 is 26.0 Å². The van der Waals surface area contributed by atoms with Crippen LogP contribution in [0.3, 0.4) is 0 Å². The number of hydrogen-bond donors (Lipinski definition) is 1. The number of rotatable bonds is 5. The van der Waals surface area contributed by atoms with E-state index in [1.54, 1.807) is 7.05 Å². The van der Waals surface area contributed by atoms with Crippen LogP contribution in [0.15, 0.2) is 20.0 Å². The van der Waals surface area contributed by atoms with Crippen molar-refractivity contribution in [3.8, 4) is 0 Å². The lowest BCUT2D eigenvalue weighted by atomic mass is 9.86. The monoisotopic (exact) mass is 337 g/mol. The van der Waals surface area contributed by atoms with Gasteiger partial charge in [0.15, 0.2) is 4.67 Å². The molecular weight excluding hydrogens is 322 g/mol. The molecule has 1 fully saturated rings. The predicted molar refractivity (Wildman–Crippen MR) is 69.5 cm³/mol. The number of furan rings is 1. The number of aliphatic hydroxyl groups is 1. The van der Waals surface area contributed by atoms with E-state index in [0.717, 1.165) is 12.8 Å². The van der Waals surface area contributed by atoms with E-state index in [9.17, 15) is 8.42 Å². The van der Waals surface area contributed by atoms with Gasteiger partial charge in [-0.3, -0.25) is 0 Å². The highest BCUT2D eigenvalue weighted by molar-refractivity contribution is 9.10. The number of nitrogens with zero attached hydrogens (tertiary/aromatic N) is 1. The van der Waals surface area contributed by atoms with E-state index < -0.39 is 10.0 Å². The second-order valence-corrected chi connectivity index (χ2v) is 7.32. The van der Waals surface area contributed by atoms with Crippen molar-refractivity contribution in [2.24, 2.45) is 5.92 Å². The van der Waals surface area contributed by atoms with Crippen LogP contribution in [0, 0.1) is 5.92 Å². The average molecular weight is 338 g/mol. The van der Waals surface area contributed by atoms with Gasteiger partial charge in [-0.1, -0.05) is 6.42 Å². The van der Waals surface area contributed by atoms with E-state index in [2.05, 4.69) is 15.9 Å². The Morgan fingerprint density at radius 2 is 2.22 bits per heavy atom. The van der Waals surface area contributed by atoms with Crippen LogP contribution >= 0.6 is 15.9 Å². The quantitative estimate of drug-likeness (QED) is 0.891. The maximum absolute atomic E-state index is 12.3. The predicted octanol–water partition coefficient (Wildman–Crippen LogP) is 1.96. The molecule has 1 N–H and O–H groups in total. The molecule has 0 aromatic carbocycles. The van der Waals surface area contributed by atoms with E-state index in [4.69, 9.17) is 9.52 Å². The molecule has 5 nitrogen and oxygen atoms in total. The summed E-state index contributed by atoms with van der Waals surface area (Å²) in [6, 6.07) is 1.36. The third kappa shape index (κ3) is 2.64. The third-order valence-electron chi connectivity index (χ3n) is 3.29. The minimum absolute atomic E-state index is 0.0772. The molecule has 1 saturated carbocycles. The fraction of sp³-hybridized carbons (Fsp3) is 0.636. The van der Waals surface area contributed by atoms with E-state index >= 15 is 0 Å². The highest BCUT2D eigenvalue weighted by atomic mass is 79.9. The Balaban J connectivity index is 2.20. The summed E-state index contributed by atoms with van der Waals surface area (Å²) < 4.78 is 31.2. The van der Waals surface area contributed by atoms with Crippen LogP contribution in [-0.4, -0.2) is 31.4 Å². The summed E-state index contributed by atoms with van der Waals surface area (Å²) in [5.74, 6) is 0.699. The van der Waals surface area contributed by atoms with Crippen molar-refractivity contribution in [1.29, 1.82) is 0 Å². The molecule has 0 amide bonds. The maximum Gasteiger partial charge on any atom is 0.247 e. The second-order valence-electron chi connectivity index (χ2n) is 4.59. The molecule has 0 aliphatic heterocycles. The van der Waals surface area contributed by atoms with Crippen LogP contribution in [0.4, 0.5) is 0 Å². The first-order valence-corrected chi connectivity index (χ1v) is 8.04. The van der Waals surface area contributed by atoms with Gasteiger partial charge in [-0.25, -0.2) is 12.7 Å². The van der Waals surface area contributed by atoms with Crippen LogP contribution in [0.2, 0.25) is 0 Å². The summed E-state index contributed by atoms with van der Waals surface area (Å²) in [6.07, 6.45) is 3.37. The molecule has 0 saturated heterocycles. The average Bonchev–Trinajstić information content (AvgIpc) is 2.65. The zero-order valence-corrected chi connectivity index (χ0v) is 12.5. The second kappa shape index (κ2) is 5.32. The summed E-state index contributed by atoms with van der Waals surface area (Å²) in [6.45, 7) is 0.217. The fourth-order valence-corrected chi connectivity index (χ4v) is 4.16. The lowest BCUT2D eigenvalue weighted by Gasteiger charge is -2.29. The molecule has 7 heteroatoms. The Kier molecular flexibility index (Phi) is 4.15. The molecule has 1 aromatic heterocycles. The molecule has 102 valence electrons. The van der Waals surface area contributed by atoms with Crippen molar-refractivity contribution < 1.29 is 17.9 Å². The highest BCUT2D eigenvalue weighted by Crippen LogP contribution is 2.31. The summed E-state index contributed by atoms with van der Waals surface area (Å²) in [7, 11) is -1.97. The van der Waals surface area contributed by atoms with E-state index in [1.165, 1.54) is 16.8 Å². The van der Waals surface area contributed by atoms with E-state index in [1.807, 2.05) is 0 Å². The van der Waals surface area contributed by atoms with Crippen LogP contribution in [0.25, 0.3) is 0 Å². The van der Waals surface area contributed by atoms with Gasteiger partial charge in [-0.2, -0.15) is 0 Å². The summed E-state index contributed by atoms with van der Waals surface area (Å²) in [5, 5.41) is 8.95. The third-order valence-corrected chi connectivity index (χ3v) is 5.97. The van der Waals surface area contributed by atoms with E-state index in [-0.39, 0.29) is 21.9 Å². The molecule has 18 heavy (non-hydrogen) atoms. The molecule has 1 heterocycles. The number of aliphatic hydroxyl groups excluding tert-OH is 1. The normalized spacial score (nSPS) is 17.1. The molecule has 0 bridgehead atoms. The van der Waals surface area contributed by atoms with Gasteiger partial charge >= 0.3 is 0 Å². The van der Waals surface area contributed by atoms with Crippen molar-refractivity contribution in [2.75, 3.05) is 13.6 Å². The number of halogens is 1. The lowest BCUT2D eigenvalue weighted by molar-refractivity contribution is 0.245. The Hall–Kier alpha value is -0.370. The van der Waals surface area contributed by atoms with Gasteiger partial charge in [0.05, 0.1) is 0 Å². The minimum Gasteiger partial charge on any atom is -0.450 e. The number of sulfonamides is 1. The largest absolute Gasteiger partial charge is 0.450 e. The zero-order chi connectivity index (χ0) is 13.3. The smallest absolute Gasteiger partial charge is 0.247 e. The van der Waals surface area contributed by atoms with Crippen LogP contribution in [-0.2, 0) is 16.6 Å². The van der Waals surface area contributed by atoms with Crippen molar-refractivity contribution in [3.05, 3.63) is 16.5 Å². The van der Waals surface area contributed by atoms with Gasteiger partial charge in [-0.05, 0) is 34.7 Å². The Labute approximate surface area is 115 Å². The maximum atomic E-state index is 12.3. The first kappa shape index (κ1) is 14.0. The molecule has 0 spiro atoms. The molecule has 1 aliphatic carbocycles. The standard InChI is InChI=1S/C11H16BrNO4S/c1-13(6-8-3-2-4-8)18(15,16)10-5-9(7-14)17-11(10)12/h5,8,14H,2-4,6-7H2,1H3. The molecule has 1 aliphatic rings. The van der Waals surface area contributed by atoms with Gasteiger partial charge in [0.25, 0.3) is 0 Å². The van der Waals surface area contributed by atoms with Gasteiger partial charge in [-0.15, -0.1) is 0 Å². The van der Waals surface area contributed by atoms with Crippen LogP contribution in [0.5, 0.6) is 0 Å². The molecule has 0 radical (unpaired) electrons. The first-order chi connectivity index (χ1) is 8.45. The lowest BCUT2D eigenvalue weighted by Crippen LogP contribution is -2.34. The summed E-state index contributed by atoms with van der Waals surface area (Å²) >= 11 is 3.08. The van der Waals surface area contributed by atoms with Crippen molar-refractivity contribution in [2.45, 2.75) is 30.8 Å². The van der Waals surface area contributed by atoms with Crippen LogP contribution in [0.1, 0.15) is 25.0 Å². The molecule has 2 rings (SSSR count). The molecule has 0 atom stereocenters. The van der Waals surface area contributed by atoms with E-state index in [0.29, 0.717) is 12.5 Å². The van der Waals surface area contributed by atoms with Crippen molar-refractivity contribution in [3.63, 3.8) is 0 Å². The van der Waals surface area contributed by atoms with Gasteiger partial charge in [0, 0.05) is 19.7 Å². The van der Waals surface area contributed by atoms with Gasteiger partial charge in [0.2, 0.25) is 10.0 Å². The molecule has 1 aromatic rings. The van der Waals surface area contributed by atoms with Crippen LogP contribution < -0.4 is 0 Å². The summed E-state index contributed by atoms with van der Waals surface area (Å²) in [5.41, 5.74) is 0. The topological polar surface area (TPSA) is 70.8 Å². The SMILES string of the molecule is CN(CC1CCC1)S(=O)(=O)c1cc(CO)oc1Br. The van der Waals surface area contributed by atoms with Crippen molar-refractivity contribution in [1.82, 2.24) is 4.31 Å². The zero-order valence-electron chi connectivity index (χ0n) is 10.1. The number of hydrogen-bond acceptors (Lipinski definition) is 4. The Morgan fingerprint density at radius 3 is 2.67 bits per heavy atom. The molecule has 0 unspecified atom stereocenters. The first-order valence-electron chi connectivity index (χ1n) is 5.80. The van der Waals surface area contributed by atoms with Gasteiger partial charge in [0.1, 0.15) is 17.3 Å².